The van der Waals surface area contributed by atoms with Crippen molar-refractivity contribution in [3.8, 4) is 0 Å². The summed E-state index contributed by atoms with van der Waals surface area (Å²) in [6.07, 6.45) is 1.74. The van der Waals surface area contributed by atoms with Crippen LogP contribution in [0.25, 0.3) is 0 Å². The van der Waals surface area contributed by atoms with Gasteiger partial charge in [0.05, 0.1) is 12.7 Å². The molecule has 2 saturated heterocycles. The largest absolute Gasteiger partial charge is 0.375 e. The van der Waals surface area contributed by atoms with Crippen LogP contribution in [-0.2, 0) is 4.74 Å². The van der Waals surface area contributed by atoms with Gasteiger partial charge in [-0.05, 0) is 13.3 Å². The first-order chi connectivity index (χ1) is 3.79. The Bertz CT molecular complexity index is 105. The summed E-state index contributed by atoms with van der Waals surface area (Å²) in [4.78, 5) is 0. The first kappa shape index (κ1) is 4.77. The van der Waals surface area contributed by atoms with Gasteiger partial charge in [0.1, 0.15) is 0 Å². The highest BCUT2D eigenvalue weighted by Crippen LogP contribution is 2.28. The third-order valence-electron chi connectivity index (χ3n) is 2.07. The summed E-state index contributed by atoms with van der Waals surface area (Å²) in [6.45, 7) is 4.20. The summed E-state index contributed by atoms with van der Waals surface area (Å²) < 4.78 is 5.39. The van der Waals surface area contributed by atoms with Gasteiger partial charge in [-0.1, -0.05) is 0 Å². The summed E-state index contributed by atoms with van der Waals surface area (Å²) in [5.74, 6) is 0. The maximum absolute atomic E-state index is 5.39. The molecule has 2 fully saturated rings. The van der Waals surface area contributed by atoms with Crippen molar-refractivity contribution in [1.82, 2.24) is 5.32 Å². The molecule has 0 aliphatic carbocycles. The van der Waals surface area contributed by atoms with Crippen LogP contribution in [0.3, 0.4) is 0 Å². The number of fused-ring (bicyclic) bond motifs is 2. The highest BCUT2D eigenvalue weighted by atomic mass is 16.5. The molecule has 2 aliphatic heterocycles. The van der Waals surface area contributed by atoms with E-state index in [1.807, 2.05) is 0 Å². The fourth-order valence-corrected chi connectivity index (χ4v) is 1.54. The maximum Gasteiger partial charge on any atom is 0.0718 e. The molecule has 0 amide bonds. The van der Waals surface area contributed by atoms with Crippen molar-refractivity contribution >= 4 is 0 Å². The molecule has 2 unspecified atom stereocenters. The molecule has 2 heterocycles. The van der Waals surface area contributed by atoms with Crippen LogP contribution in [0.2, 0.25) is 0 Å². The average molecular weight is 113 g/mol. The Balaban J connectivity index is 2.19. The Morgan fingerprint density at radius 3 is 2.75 bits per heavy atom. The molecule has 0 aromatic rings. The second-order valence-corrected chi connectivity index (χ2v) is 3.08. The first-order valence-corrected chi connectivity index (χ1v) is 3.15. The second-order valence-electron chi connectivity index (χ2n) is 3.08. The molecule has 2 bridgehead atoms. The van der Waals surface area contributed by atoms with E-state index in [4.69, 9.17) is 4.74 Å². The molecule has 8 heavy (non-hydrogen) atoms. The van der Waals surface area contributed by atoms with Gasteiger partial charge in [-0.3, -0.25) is 0 Å². The summed E-state index contributed by atoms with van der Waals surface area (Å²) in [5, 5.41) is 3.41. The monoisotopic (exact) mass is 113 g/mol. The molecule has 2 aliphatic rings. The predicted octanol–water partition coefficient (Wildman–Crippen LogP) is 0.137. The fourth-order valence-electron chi connectivity index (χ4n) is 1.54. The van der Waals surface area contributed by atoms with Crippen LogP contribution in [0.5, 0.6) is 0 Å². The van der Waals surface area contributed by atoms with Gasteiger partial charge in [0.15, 0.2) is 0 Å². The molecule has 0 radical (unpaired) electrons. The molecule has 2 nitrogen and oxygen atoms in total. The molecule has 46 valence electrons. The van der Waals surface area contributed by atoms with Gasteiger partial charge in [-0.2, -0.15) is 0 Å². The van der Waals surface area contributed by atoms with Crippen molar-refractivity contribution in [3.05, 3.63) is 0 Å². The Labute approximate surface area is 49.2 Å². The number of nitrogens with one attached hydrogen (secondary N) is 1. The van der Waals surface area contributed by atoms with Crippen molar-refractivity contribution < 1.29 is 4.74 Å². The van der Waals surface area contributed by atoms with E-state index in [0.29, 0.717) is 11.6 Å². The molecule has 0 aromatic carbocycles. The highest BCUT2D eigenvalue weighted by molar-refractivity contribution is 4.99. The van der Waals surface area contributed by atoms with Gasteiger partial charge in [-0.15, -0.1) is 0 Å². The zero-order valence-corrected chi connectivity index (χ0v) is 5.11. The van der Waals surface area contributed by atoms with Crippen molar-refractivity contribution in [2.45, 2.75) is 25.0 Å². The van der Waals surface area contributed by atoms with E-state index in [0.717, 1.165) is 13.2 Å². The first-order valence-electron chi connectivity index (χ1n) is 3.15. The molecule has 2 rings (SSSR count). The molecule has 2 heteroatoms. The lowest BCUT2D eigenvalue weighted by Gasteiger charge is -2.20. The van der Waals surface area contributed by atoms with Crippen LogP contribution in [0.1, 0.15) is 13.3 Å². The van der Waals surface area contributed by atoms with Crippen LogP contribution >= 0.6 is 0 Å². The van der Waals surface area contributed by atoms with Gasteiger partial charge < -0.3 is 10.1 Å². The van der Waals surface area contributed by atoms with E-state index < -0.39 is 0 Å². The Hall–Kier alpha value is -0.0800. The van der Waals surface area contributed by atoms with E-state index in [-0.39, 0.29) is 0 Å². The normalized spacial score (nSPS) is 52.9. The third-order valence-corrected chi connectivity index (χ3v) is 2.07. The van der Waals surface area contributed by atoms with Crippen molar-refractivity contribution in [2.24, 2.45) is 0 Å². The van der Waals surface area contributed by atoms with Gasteiger partial charge in [0, 0.05) is 12.1 Å². The zero-order chi connectivity index (χ0) is 5.61. The minimum Gasteiger partial charge on any atom is -0.375 e. The van der Waals surface area contributed by atoms with Crippen molar-refractivity contribution in [3.63, 3.8) is 0 Å². The van der Waals surface area contributed by atoms with E-state index in [1.165, 1.54) is 6.42 Å². The highest BCUT2D eigenvalue weighted by Gasteiger charge is 2.41. The number of hydrogen-bond acceptors (Lipinski definition) is 2. The molecule has 0 aromatic heterocycles. The van der Waals surface area contributed by atoms with E-state index >= 15 is 0 Å². The van der Waals surface area contributed by atoms with Crippen LogP contribution in [-0.4, -0.2) is 24.8 Å². The van der Waals surface area contributed by atoms with E-state index in [9.17, 15) is 0 Å². The van der Waals surface area contributed by atoms with Crippen molar-refractivity contribution in [1.29, 1.82) is 0 Å². The maximum atomic E-state index is 5.39. The number of morpholine rings is 1. The van der Waals surface area contributed by atoms with Gasteiger partial charge >= 0.3 is 0 Å². The SMILES string of the molecule is CC12COC(CN1)C2. The quantitative estimate of drug-likeness (QED) is 0.482. The summed E-state index contributed by atoms with van der Waals surface area (Å²) >= 11 is 0. The Morgan fingerprint density at radius 2 is 2.62 bits per heavy atom. The standard InChI is InChI=1S/C6H11NO/c1-6-2-5(3-7-6)8-4-6/h5,7H,2-4H2,1H3. The average Bonchev–Trinajstić information content (AvgIpc) is 2.21. The summed E-state index contributed by atoms with van der Waals surface area (Å²) in [6, 6.07) is 0. The molecular weight excluding hydrogens is 102 g/mol. The minimum atomic E-state index is 0.338. The van der Waals surface area contributed by atoms with Crippen LogP contribution in [0.15, 0.2) is 0 Å². The smallest absolute Gasteiger partial charge is 0.0718 e. The van der Waals surface area contributed by atoms with Crippen LogP contribution in [0.4, 0.5) is 0 Å². The van der Waals surface area contributed by atoms with Crippen LogP contribution in [0, 0.1) is 0 Å². The predicted molar refractivity (Wildman–Crippen MR) is 30.8 cm³/mol. The lowest BCUT2D eigenvalue weighted by atomic mass is 10.0. The molecule has 1 N–H and O–H groups in total. The molecule has 0 saturated carbocycles. The summed E-state index contributed by atoms with van der Waals surface area (Å²) in [5.41, 5.74) is 0.338. The van der Waals surface area contributed by atoms with E-state index in [2.05, 4.69) is 12.2 Å². The third kappa shape index (κ3) is 0.501. The van der Waals surface area contributed by atoms with Gasteiger partial charge in [0.25, 0.3) is 0 Å². The lowest BCUT2D eigenvalue weighted by molar-refractivity contribution is 0.0738. The number of hydrogen-bond donors (Lipinski definition) is 1. The molecule has 0 spiro atoms. The van der Waals surface area contributed by atoms with E-state index in [1.54, 1.807) is 0 Å². The van der Waals surface area contributed by atoms with Gasteiger partial charge in [0.2, 0.25) is 0 Å². The fraction of sp³-hybridized carbons (Fsp3) is 1.00. The molecular formula is C6H11NO. The lowest BCUT2D eigenvalue weighted by Crippen LogP contribution is -2.41. The Kier molecular flexibility index (Phi) is 0.746. The number of ether oxygens (including phenoxy) is 1. The van der Waals surface area contributed by atoms with Crippen molar-refractivity contribution in [2.75, 3.05) is 13.2 Å². The second kappa shape index (κ2) is 1.25. The number of rotatable bonds is 0. The van der Waals surface area contributed by atoms with Gasteiger partial charge in [-0.25, -0.2) is 0 Å². The topological polar surface area (TPSA) is 21.3 Å². The van der Waals surface area contributed by atoms with Crippen LogP contribution < -0.4 is 5.32 Å². The molecule has 2 atom stereocenters. The Morgan fingerprint density at radius 1 is 1.75 bits per heavy atom. The zero-order valence-electron chi connectivity index (χ0n) is 5.11. The summed E-state index contributed by atoms with van der Waals surface area (Å²) in [7, 11) is 0. The minimum absolute atomic E-state index is 0.338.